The van der Waals surface area contributed by atoms with E-state index in [1.807, 2.05) is 30.3 Å². The van der Waals surface area contributed by atoms with E-state index in [1.165, 1.54) is 6.08 Å². The maximum Gasteiger partial charge on any atom is 0.426 e. The average Bonchev–Trinajstić information content (AvgIpc) is 2.58. The molecule has 118 valence electrons. The minimum atomic E-state index is -0.749. The Morgan fingerprint density at radius 3 is 2.39 bits per heavy atom. The van der Waals surface area contributed by atoms with Crippen LogP contribution in [0.5, 0.6) is 0 Å². The van der Waals surface area contributed by atoms with E-state index in [2.05, 4.69) is 10.9 Å². The number of hydrogen-bond donors (Lipinski definition) is 2. The fourth-order valence-electron chi connectivity index (χ4n) is 1.66. The van der Waals surface area contributed by atoms with Crippen molar-refractivity contribution in [3.05, 3.63) is 76.8 Å². The summed E-state index contributed by atoms with van der Waals surface area (Å²) in [6.07, 6.45) is 2.20. The molecule has 0 fully saturated rings. The van der Waals surface area contributed by atoms with Crippen LogP contribution in [0.2, 0.25) is 5.02 Å². The zero-order valence-corrected chi connectivity index (χ0v) is 12.9. The fourth-order valence-corrected chi connectivity index (χ4v) is 1.78. The summed E-state index contributed by atoms with van der Waals surface area (Å²) in [4.78, 5) is 23.0. The van der Waals surface area contributed by atoms with Crippen LogP contribution in [-0.2, 0) is 16.1 Å². The first-order valence-electron chi connectivity index (χ1n) is 6.84. The molecule has 0 heterocycles. The summed E-state index contributed by atoms with van der Waals surface area (Å²) >= 11 is 5.76. The molecule has 2 N–H and O–H groups in total. The van der Waals surface area contributed by atoms with Crippen LogP contribution < -0.4 is 10.9 Å². The number of halogens is 1. The fraction of sp³-hybridized carbons (Fsp3) is 0.0588. The molecule has 0 aliphatic rings. The lowest BCUT2D eigenvalue weighted by molar-refractivity contribution is -0.117. The number of amides is 2. The van der Waals surface area contributed by atoms with Crippen molar-refractivity contribution in [1.29, 1.82) is 0 Å². The van der Waals surface area contributed by atoms with Gasteiger partial charge in [0, 0.05) is 11.1 Å². The quantitative estimate of drug-likeness (QED) is 0.667. The van der Waals surface area contributed by atoms with E-state index >= 15 is 0 Å². The number of hydrogen-bond acceptors (Lipinski definition) is 3. The number of hydrazine groups is 1. The highest BCUT2D eigenvalue weighted by molar-refractivity contribution is 6.30. The van der Waals surface area contributed by atoms with Crippen LogP contribution in [-0.4, -0.2) is 12.0 Å². The second-order valence-electron chi connectivity index (χ2n) is 4.56. The number of nitrogens with one attached hydrogen (secondary N) is 2. The highest BCUT2D eigenvalue weighted by atomic mass is 35.5. The first-order chi connectivity index (χ1) is 11.1. The highest BCUT2D eigenvalue weighted by Crippen LogP contribution is 2.10. The van der Waals surface area contributed by atoms with Gasteiger partial charge in [-0.15, -0.1) is 0 Å². The van der Waals surface area contributed by atoms with Crippen molar-refractivity contribution >= 4 is 29.7 Å². The van der Waals surface area contributed by atoms with Crippen molar-refractivity contribution in [2.75, 3.05) is 0 Å². The Bertz CT molecular complexity index is 685. The third kappa shape index (κ3) is 6.23. The van der Waals surface area contributed by atoms with Gasteiger partial charge in [-0.1, -0.05) is 54.1 Å². The first kappa shape index (κ1) is 16.6. The third-order valence-corrected chi connectivity index (χ3v) is 3.05. The van der Waals surface area contributed by atoms with Crippen LogP contribution in [0.4, 0.5) is 4.79 Å². The number of ether oxygens (including phenoxy) is 1. The van der Waals surface area contributed by atoms with Gasteiger partial charge in [0.1, 0.15) is 6.61 Å². The lowest BCUT2D eigenvalue weighted by Gasteiger charge is -2.07. The molecule has 5 nitrogen and oxygen atoms in total. The van der Waals surface area contributed by atoms with Gasteiger partial charge in [0.15, 0.2) is 0 Å². The van der Waals surface area contributed by atoms with Gasteiger partial charge in [-0.05, 0) is 29.3 Å². The lowest BCUT2D eigenvalue weighted by Crippen LogP contribution is -2.41. The number of carbonyl (C=O) groups excluding carboxylic acids is 2. The molecule has 0 radical (unpaired) electrons. The molecule has 0 aliphatic carbocycles. The maximum atomic E-state index is 11.5. The average molecular weight is 331 g/mol. The molecule has 0 unspecified atom stereocenters. The Labute approximate surface area is 138 Å². The highest BCUT2D eigenvalue weighted by Gasteiger charge is 2.03. The van der Waals surface area contributed by atoms with Crippen molar-refractivity contribution in [2.24, 2.45) is 0 Å². The minimum absolute atomic E-state index is 0.0821. The molecule has 2 rings (SSSR count). The van der Waals surface area contributed by atoms with E-state index in [9.17, 15) is 9.59 Å². The molecular formula is C17H15ClN2O3. The first-order valence-corrected chi connectivity index (χ1v) is 7.21. The standard InChI is InChI=1S/C17H15ClN2O3/c18-15-9-6-14(7-10-15)12-23-17(22)20-19-16(21)11-8-13-4-2-1-3-5-13/h1-11H,12H2,(H,19,21)(H,20,22)/b11-8+. The van der Waals surface area contributed by atoms with Crippen molar-refractivity contribution in [2.45, 2.75) is 6.61 Å². The number of carbonyl (C=O) groups is 2. The van der Waals surface area contributed by atoms with Gasteiger partial charge < -0.3 is 4.74 Å². The summed E-state index contributed by atoms with van der Waals surface area (Å²) in [6.45, 7) is 0.0821. The van der Waals surface area contributed by atoms with E-state index in [0.29, 0.717) is 5.02 Å². The van der Waals surface area contributed by atoms with Crippen molar-refractivity contribution < 1.29 is 14.3 Å². The second kappa shape index (κ2) is 8.60. The Morgan fingerprint density at radius 1 is 1.00 bits per heavy atom. The summed E-state index contributed by atoms with van der Waals surface area (Å²) in [7, 11) is 0. The lowest BCUT2D eigenvalue weighted by atomic mass is 10.2. The SMILES string of the molecule is O=C(/C=C/c1ccccc1)NNC(=O)OCc1ccc(Cl)cc1. The van der Waals surface area contributed by atoms with Gasteiger partial charge in [-0.3, -0.25) is 10.2 Å². The molecule has 0 saturated carbocycles. The topological polar surface area (TPSA) is 67.4 Å². The molecule has 2 aromatic rings. The molecule has 0 aliphatic heterocycles. The Balaban J connectivity index is 1.70. The smallest absolute Gasteiger partial charge is 0.426 e. The van der Waals surface area contributed by atoms with Gasteiger partial charge in [-0.25, -0.2) is 10.2 Å². The molecule has 0 aromatic heterocycles. The van der Waals surface area contributed by atoms with Crippen LogP contribution in [0.25, 0.3) is 6.08 Å². The van der Waals surface area contributed by atoms with Crippen LogP contribution in [0, 0.1) is 0 Å². The molecule has 0 spiro atoms. The molecule has 23 heavy (non-hydrogen) atoms. The largest absolute Gasteiger partial charge is 0.443 e. The van der Waals surface area contributed by atoms with Crippen molar-refractivity contribution in [3.63, 3.8) is 0 Å². The zero-order chi connectivity index (χ0) is 16.5. The summed E-state index contributed by atoms with van der Waals surface area (Å²) in [5.74, 6) is -0.461. The summed E-state index contributed by atoms with van der Waals surface area (Å²) in [6, 6.07) is 16.2. The zero-order valence-electron chi connectivity index (χ0n) is 12.2. The van der Waals surface area contributed by atoms with E-state index in [1.54, 1.807) is 30.3 Å². The molecule has 2 aromatic carbocycles. The molecular weight excluding hydrogens is 316 g/mol. The summed E-state index contributed by atoms with van der Waals surface area (Å²) in [5, 5.41) is 0.607. The summed E-state index contributed by atoms with van der Waals surface area (Å²) < 4.78 is 4.95. The van der Waals surface area contributed by atoms with Gasteiger partial charge >= 0.3 is 6.09 Å². The van der Waals surface area contributed by atoms with Gasteiger partial charge in [-0.2, -0.15) is 0 Å². The minimum Gasteiger partial charge on any atom is -0.443 e. The second-order valence-corrected chi connectivity index (χ2v) is 5.00. The Kier molecular flexibility index (Phi) is 6.20. The number of benzene rings is 2. The van der Waals surface area contributed by atoms with Crippen molar-refractivity contribution in [1.82, 2.24) is 10.9 Å². The monoisotopic (exact) mass is 330 g/mol. The molecule has 0 saturated heterocycles. The maximum absolute atomic E-state index is 11.5. The van der Waals surface area contributed by atoms with Gasteiger partial charge in [0.2, 0.25) is 0 Å². The van der Waals surface area contributed by atoms with Gasteiger partial charge in [0.25, 0.3) is 5.91 Å². The van der Waals surface area contributed by atoms with Crippen LogP contribution in [0.1, 0.15) is 11.1 Å². The molecule has 2 amide bonds. The predicted molar refractivity (Wildman–Crippen MR) is 88.4 cm³/mol. The van der Waals surface area contributed by atoms with Crippen molar-refractivity contribution in [3.8, 4) is 0 Å². The van der Waals surface area contributed by atoms with E-state index < -0.39 is 12.0 Å². The Morgan fingerprint density at radius 2 is 1.70 bits per heavy atom. The van der Waals surface area contributed by atoms with E-state index in [4.69, 9.17) is 16.3 Å². The van der Waals surface area contributed by atoms with E-state index in [0.717, 1.165) is 11.1 Å². The molecule has 0 atom stereocenters. The molecule has 6 heteroatoms. The molecule has 0 bridgehead atoms. The third-order valence-electron chi connectivity index (χ3n) is 2.80. The van der Waals surface area contributed by atoms with Gasteiger partial charge in [0.05, 0.1) is 0 Å². The predicted octanol–water partition coefficient (Wildman–Crippen LogP) is 3.31. The Hall–Kier alpha value is -2.79. The summed E-state index contributed by atoms with van der Waals surface area (Å²) in [5.41, 5.74) is 6.06. The van der Waals surface area contributed by atoms with E-state index in [-0.39, 0.29) is 6.61 Å². The van der Waals surface area contributed by atoms with Crippen LogP contribution >= 0.6 is 11.6 Å². The number of rotatable bonds is 4. The van der Waals surface area contributed by atoms with Crippen LogP contribution in [0.15, 0.2) is 60.7 Å². The van der Waals surface area contributed by atoms with Crippen LogP contribution in [0.3, 0.4) is 0 Å². The normalized spacial score (nSPS) is 10.3.